The maximum atomic E-state index is 12.3. The van der Waals surface area contributed by atoms with E-state index in [4.69, 9.17) is 9.72 Å². The Bertz CT molecular complexity index is 1480. The summed E-state index contributed by atoms with van der Waals surface area (Å²) >= 11 is 0. The first kappa shape index (κ1) is 24.3. The third-order valence-corrected chi connectivity index (χ3v) is 6.87. The molecule has 0 unspecified atom stereocenters. The normalized spacial score (nSPS) is 11.5. The van der Waals surface area contributed by atoms with E-state index in [0.717, 1.165) is 45.9 Å². The highest BCUT2D eigenvalue weighted by Crippen LogP contribution is 2.23. The molecule has 1 N–H and O–H groups in total. The van der Waals surface area contributed by atoms with Gasteiger partial charge in [-0.1, -0.05) is 36.8 Å². The number of sulfonamides is 1. The lowest BCUT2D eigenvalue weighted by atomic mass is 10.1. The van der Waals surface area contributed by atoms with Gasteiger partial charge in [0.05, 0.1) is 17.2 Å². The van der Waals surface area contributed by atoms with Gasteiger partial charge in [-0.3, -0.25) is 4.57 Å². The molecule has 10 heteroatoms. The van der Waals surface area contributed by atoms with Gasteiger partial charge in [-0.2, -0.15) is 0 Å². The summed E-state index contributed by atoms with van der Waals surface area (Å²) in [6, 6.07) is 14.0. The van der Waals surface area contributed by atoms with E-state index in [-0.39, 0.29) is 11.5 Å². The van der Waals surface area contributed by atoms with E-state index in [0.29, 0.717) is 12.2 Å². The molecule has 4 aromatic rings. The molecule has 182 valence electrons. The molecule has 0 aliphatic rings. The van der Waals surface area contributed by atoms with E-state index in [1.54, 1.807) is 12.1 Å². The van der Waals surface area contributed by atoms with Crippen LogP contribution in [0, 0.1) is 20.8 Å². The zero-order valence-electron chi connectivity index (χ0n) is 20.1. The van der Waals surface area contributed by atoms with E-state index in [1.165, 1.54) is 12.1 Å². The largest absolute Gasteiger partial charge is 0.448 e. The minimum atomic E-state index is -3.98. The predicted molar refractivity (Wildman–Crippen MR) is 132 cm³/mol. The average Bonchev–Trinajstić information content (AvgIpc) is 3.18. The lowest BCUT2D eigenvalue weighted by Crippen LogP contribution is -2.31. The number of hydrogen-bond donors (Lipinski definition) is 1. The van der Waals surface area contributed by atoms with Crippen molar-refractivity contribution in [1.29, 1.82) is 0 Å². The standard InChI is InChI=1S/C25H27N5O4S/c1-5-22-28-23-17(3)26-18(4)27-24(23)30(22)20-10-8-19(9-11-20)14-15-34-25(31)29-35(32,33)21-12-6-16(2)7-13-21/h6-13H,5,14-15H2,1-4H3,(H,29,31). The summed E-state index contributed by atoms with van der Waals surface area (Å²) in [7, 11) is -3.98. The van der Waals surface area contributed by atoms with Gasteiger partial charge in [0.2, 0.25) is 0 Å². The van der Waals surface area contributed by atoms with Gasteiger partial charge in [-0.15, -0.1) is 0 Å². The van der Waals surface area contributed by atoms with Crippen LogP contribution in [0.1, 0.15) is 35.4 Å². The lowest BCUT2D eigenvalue weighted by Gasteiger charge is -2.10. The van der Waals surface area contributed by atoms with Crippen LogP contribution in [0.3, 0.4) is 0 Å². The number of ether oxygens (including phenoxy) is 1. The van der Waals surface area contributed by atoms with Crippen molar-refractivity contribution in [2.75, 3.05) is 6.61 Å². The Labute approximate surface area is 204 Å². The van der Waals surface area contributed by atoms with Gasteiger partial charge in [-0.25, -0.2) is 32.9 Å². The first-order valence-electron chi connectivity index (χ1n) is 11.3. The minimum Gasteiger partial charge on any atom is -0.448 e. The van der Waals surface area contributed by atoms with Crippen LogP contribution in [0.2, 0.25) is 0 Å². The fraction of sp³-hybridized carbons (Fsp3) is 0.280. The first-order chi connectivity index (χ1) is 16.7. The number of imidazole rings is 1. The number of aryl methyl sites for hydroxylation is 4. The topological polar surface area (TPSA) is 116 Å². The van der Waals surface area contributed by atoms with Gasteiger partial charge in [-0.05, 0) is 50.6 Å². The fourth-order valence-corrected chi connectivity index (χ4v) is 4.66. The van der Waals surface area contributed by atoms with Gasteiger partial charge in [0.25, 0.3) is 10.0 Å². The Kier molecular flexibility index (Phi) is 6.83. The summed E-state index contributed by atoms with van der Waals surface area (Å²) in [5, 5.41) is 0. The van der Waals surface area contributed by atoms with Gasteiger partial charge < -0.3 is 4.74 Å². The van der Waals surface area contributed by atoms with Crippen molar-refractivity contribution in [1.82, 2.24) is 24.2 Å². The van der Waals surface area contributed by atoms with Crippen molar-refractivity contribution in [2.24, 2.45) is 0 Å². The third-order valence-electron chi connectivity index (χ3n) is 5.55. The van der Waals surface area contributed by atoms with Crippen LogP contribution in [0.4, 0.5) is 4.79 Å². The SMILES string of the molecule is CCc1nc2c(C)nc(C)nc2n1-c1ccc(CCOC(=O)NS(=O)(=O)c2ccc(C)cc2)cc1. The van der Waals surface area contributed by atoms with Gasteiger partial charge in [0.1, 0.15) is 17.2 Å². The molecule has 0 radical (unpaired) electrons. The number of carbonyl (C=O) groups is 1. The molecular formula is C25H27N5O4S. The molecule has 2 aromatic heterocycles. The highest BCUT2D eigenvalue weighted by atomic mass is 32.2. The Morgan fingerprint density at radius 3 is 2.31 bits per heavy atom. The monoisotopic (exact) mass is 493 g/mol. The number of fused-ring (bicyclic) bond motifs is 1. The fourth-order valence-electron chi connectivity index (χ4n) is 3.77. The molecule has 0 fully saturated rings. The first-order valence-corrected chi connectivity index (χ1v) is 12.7. The minimum absolute atomic E-state index is 0.00442. The van der Waals surface area contributed by atoms with Crippen LogP contribution < -0.4 is 4.72 Å². The molecule has 1 amide bonds. The average molecular weight is 494 g/mol. The second kappa shape index (κ2) is 9.83. The molecule has 2 heterocycles. The molecule has 4 rings (SSSR count). The van der Waals surface area contributed by atoms with Crippen LogP contribution in [0.5, 0.6) is 0 Å². The third kappa shape index (κ3) is 5.32. The highest BCUT2D eigenvalue weighted by molar-refractivity contribution is 7.90. The second-order valence-electron chi connectivity index (χ2n) is 8.22. The van der Waals surface area contributed by atoms with Crippen LogP contribution in [0.15, 0.2) is 53.4 Å². The zero-order valence-corrected chi connectivity index (χ0v) is 20.9. The number of amides is 1. The van der Waals surface area contributed by atoms with E-state index in [9.17, 15) is 13.2 Å². The van der Waals surface area contributed by atoms with Crippen LogP contribution >= 0.6 is 0 Å². The molecule has 9 nitrogen and oxygen atoms in total. The Morgan fingerprint density at radius 2 is 1.66 bits per heavy atom. The van der Waals surface area contributed by atoms with Gasteiger partial charge >= 0.3 is 6.09 Å². The van der Waals surface area contributed by atoms with E-state index in [1.807, 2.05) is 61.2 Å². The van der Waals surface area contributed by atoms with Crippen LogP contribution in [0.25, 0.3) is 16.9 Å². The summed E-state index contributed by atoms with van der Waals surface area (Å²) in [4.78, 5) is 25.8. The smallest absolute Gasteiger partial charge is 0.421 e. The number of carbonyl (C=O) groups excluding carboxylic acids is 1. The molecule has 0 saturated heterocycles. The van der Waals surface area contributed by atoms with Crippen molar-refractivity contribution in [2.45, 2.75) is 45.4 Å². The molecule has 35 heavy (non-hydrogen) atoms. The Hall–Kier alpha value is -3.79. The Balaban J connectivity index is 1.41. The van der Waals surface area contributed by atoms with Gasteiger partial charge in [0, 0.05) is 18.5 Å². The molecular weight excluding hydrogens is 466 g/mol. The molecule has 0 bridgehead atoms. The summed E-state index contributed by atoms with van der Waals surface area (Å²) in [5.74, 6) is 1.58. The summed E-state index contributed by atoms with van der Waals surface area (Å²) in [6.45, 7) is 7.72. The molecule has 2 aromatic carbocycles. The van der Waals surface area contributed by atoms with E-state index >= 15 is 0 Å². The van der Waals surface area contributed by atoms with E-state index in [2.05, 4.69) is 9.97 Å². The van der Waals surface area contributed by atoms with Gasteiger partial charge in [0.15, 0.2) is 5.65 Å². The molecule has 0 spiro atoms. The summed E-state index contributed by atoms with van der Waals surface area (Å²) in [6.07, 6.45) is 0.166. The van der Waals surface area contributed by atoms with Crippen molar-refractivity contribution >= 4 is 27.3 Å². The highest BCUT2D eigenvalue weighted by Gasteiger charge is 2.18. The molecule has 0 atom stereocenters. The van der Waals surface area contributed by atoms with Crippen molar-refractivity contribution in [3.05, 3.63) is 77.0 Å². The Morgan fingerprint density at radius 1 is 0.971 bits per heavy atom. The number of hydrogen-bond acceptors (Lipinski definition) is 7. The predicted octanol–water partition coefficient (Wildman–Crippen LogP) is 3.96. The number of aromatic nitrogens is 4. The van der Waals surface area contributed by atoms with E-state index < -0.39 is 16.1 Å². The molecule has 0 aliphatic carbocycles. The molecule has 0 aliphatic heterocycles. The zero-order chi connectivity index (χ0) is 25.2. The number of rotatable bonds is 7. The second-order valence-corrected chi connectivity index (χ2v) is 9.90. The maximum absolute atomic E-state index is 12.3. The number of nitrogens with zero attached hydrogens (tertiary/aromatic N) is 4. The number of benzene rings is 2. The van der Waals surface area contributed by atoms with Crippen LogP contribution in [-0.2, 0) is 27.6 Å². The van der Waals surface area contributed by atoms with Crippen molar-refractivity contribution in [3.8, 4) is 5.69 Å². The maximum Gasteiger partial charge on any atom is 0.421 e. The summed E-state index contributed by atoms with van der Waals surface area (Å²) < 4.78 is 33.6. The van der Waals surface area contributed by atoms with Crippen LogP contribution in [-0.4, -0.2) is 40.6 Å². The lowest BCUT2D eigenvalue weighted by molar-refractivity contribution is 0.154. The molecule has 0 saturated carbocycles. The quantitative estimate of drug-likeness (QED) is 0.414. The summed E-state index contributed by atoms with van der Waals surface area (Å²) in [5.41, 5.74) is 5.19. The van der Waals surface area contributed by atoms with Crippen molar-refractivity contribution < 1.29 is 17.9 Å². The van der Waals surface area contributed by atoms with Crippen molar-refractivity contribution in [3.63, 3.8) is 0 Å². The number of nitrogens with one attached hydrogen (secondary N) is 1.